The number of halogens is 1. The van der Waals surface area contributed by atoms with Gasteiger partial charge >= 0.3 is 0 Å². The van der Waals surface area contributed by atoms with Crippen LogP contribution < -0.4 is 10.5 Å². The van der Waals surface area contributed by atoms with Gasteiger partial charge in [0.1, 0.15) is 0 Å². The van der Waals surface area contributed by atoms with Crippen LogP contribution in [-0.2, 0) is 10.0 Å². The quantitative estimate of drug-likeness (QED) is 0.265. The second-order valence-electron chi connectivity index (χ2n) is 8.02. The molecule has 0 radical (unpaired) electrons. The topological polar surface area (TPSA) is 121 Å². The SMILES string of the molecule is CS(=O)(=O)NCCC(N)c1ccc(N=C(c2ccccc2)c2c(O)[nH]c3cc(Cl)ccc23)cc1. The predicted molar refractivity (Wildman–Crippen MR) is 138 cm³/mol. The summed E-state index contributed by atoms with van der Waals surface area (Å²) in [6.45, 7) is 0.266. The van der Waals surface area contributed by atoms with Crippen LogP contribution in [0, 0.1) is 0 Å². The molecule has 0 fully saturated rings. The summed E-state index contributed by atoms with van der Waals surface area (Å²) in [4.78, 5) is 7.85. The standard InChI is InChI=1S/C25H25ClN4O3S/c1-34(32,33)28-14-13-21(27)16-7-10-19(11-8-16)29-24(17-5-3-2-4-6-17)23-20-12-9-18(26)15-22(20)30-25(23)31/h2-12,15,21,28,30-31H,13-14,27H2,1H3. The molecule has 0 aliphatic heterocycles. The third-order valence-corrected chi connectivity index (χ3v) is 6.37. The van der Waals surface area contributed by atoms with E-state index in [2.05, 4.69) is 9.71 Å². The Balaban J connectivity index is 1.68. The number of H-pyrrole nitrogens is 1. The van der Waals surface area contributed by atoms with Crippen molar-refractivity contribution in [1.82, 2.24) is 9.71 Å². The molecule has 0 amide bonds. The van der Waals surface area contributed by atoms with Gasteiger partial charge in [0.2, 0.25) is 10.0 Å². The number of nitrogens with two attached hydrogens (primary N) is 1. The molecule has 4 rings (SSSR count). The molecule has 0 spiro atoms. The fourth-order valence-electron chi connectivity index (χ4n) is 3.75. The summed E-state index contributed by atoms with van der Waals surface area (Å²) in [5.41, 5.74) is 10.5. The molecule has 4 aromatic rings. The molecule has 0 aliphatic rings. The number of nitrogens with one attached hydrogen (secondary N) is 2. The van der Waals surface area contributed by atoms with Gasteiger partial charge in [-0.2, -0.15) is 0 Å². The Bertz CT molecular complexity index is 1430. The zero-order chi connectivity index (χ0) is 24.3. The number of aliphatic imine (C=N–C) groups is 1. The Morgan fingerprint density at radius 2 is 1.82 bits per heavy atom. The summed E-state index contributed by atoms with van der Waals surface area (Å²) >= 11 is 6.13. The van der Waals surface area contributed by atoms with Gasteiger partial charge in [0, 0.05) is 28.6 Å². The van der Waals surface area contributed by atoms with Gasteiger partial charge in [-0.05, 0) is 36.2 Å². The van der Waals surface area contributed by atoms with Crippen molar-refractivity contribution in [3.8, 4) is 5.88 Å². The van der Waals surface area contributed by atoms with Crippen LogP contribution in [0.1, 0.15) is 29.2 Å². The van der Waals surface area contributed by atoms with Crippen LogP contribution in [0.3, 0.4) is 0 Å². The van der Waals surface area contributed by atoms with Crippen LogP contribution in [0.15, 0.2) is 77.8 Å². The molecule has 0 saturated heterocycles. The highest BCUT2D eigenvalue weighted by Gasteiger charge is 2.19. The first kappa shape index (κ1) is 24.0. The van der Waals surface area contributed by atoms with E-state index < -0.39 is 10.0 Å². The number of benzene rings is 3. The number of aromatic nitrogens is 1. The third-order valence-electron chi connectivity index (χ3n) is 5.41. The Labute approximate surface area is 203 Å². The van der Waals surface area contributed by atoms with E-state index >= 15 is 0 Å². The lowest BCUT2D eigenvalue weighted by Gasteiger charge is -2.13. The van der Waals surface area contributed by atoms with Crippen LogP contribution in [0.4, 0.5) is 5.69 Å². The summed E-state index contributed by atoms with van der Waals surface area (Å²) in [5.74, 6) is 0.0110. The molecule has 1 heterocycles. The molecule has 0 aliphatic carbocycles. The van der Waals surface area contributed by atoms with Gasteiger partial charge in [0.15, 0.2) is 5.88 Å². The summed E-state index contributed by atoms with van der Waals surface area (Å²) in [6.07, 6.45) is 1.59. The number of hydrogen-bond acceptors (Lipinski definition) is 5. The van der Waals surface area contributed by atoms with E-state index in [1.165, 1.54) is 0 Å². The smallest absolute Gasteiger partial charge is 0.208 e. The van der Waals surface area contributed by atoms with Gasteiger partial charge in [0.25, 0.3) is 0 Å². The molecule has 1 unspecified atom stereocenters. The molecule has 1 atom stereocenters. The molecule has 5 N–H and O–H groups in total. The molecule has 1 aromatic heterocycles. The highest BCUT2D eigenvalue weighted by Crippen LogP contribution is 2.33. The molecule has 9 heteroatoms. The van der Waals surface area contributed by atoms with Crippen LogP contribution in [0.5, 0.6) is 5.88 Å². The van der Waals surface area contributed by atoms with Crippen LogP contribution in [-0.4, -0.2) is 37.0 Å². The fraction of sp³-hybridized carbons (Fsp3) is 0.160. The van der Waals surface area contributed by atoms with Crippen molar-refractivity contribution >= 4 is 43.9 Å². The molecule has 0 saturated carbocycles. The Kier molecular flexibility index (Phi) is 7.04. The normalized spacial score (nSPS) is 13.3. The van der Waals surface area contributed by atoms with E-state index in [9.17, 15) is 13.5 Å². The van der Waals surface area contributed by atoms with E-state index in [0.717, 1.165) is 22.8 Å². The second kappa shape index (κ2) is 9.99. The first-order valence-corrected chi connectivity index (χ1v) is 12.9. The first-order valence-electron chi connectivity index (χ1n) is 10.7. The minimum Gasteiger partial charge on any atom is -0.494 e. The maximum atomic E-state index is 11.2. The van der Waals surface area contributed by atoms with Gasteiger partial charge in [-0.1, -0.05) is 60.1 Å². The maximum absolute atomic E-state index is 11.2. The van der Waals surface area contributed by atoms with E-state index in [1.807, 2.05) is 60.7 Å². The van der Waals surface area contributed by atoms with Gasteiger partial charge < -0.3 is 15.8 Å². The minimum absolute atomic E-state index is 0.0110. The number of nitrogens with zero attached hydrogens (tertiary/aromatic N) is 1. The summed E-state index contributed by atoms with van der Waals surface area (Å²) in [7, 11) is -3.25. The Morgan fingerprint density at radius 1 is 1.12 bits per heavy atom. The molecule has 7 nitrogen and oxygen atoms in total. The first-order chi connectivity index (χ1) is 16.2. The third kappa shape index (κ3) is 5.66. The predicted octanol–water partition coefficient (Wildman–Crippen LogP) is 4.64. The zero-order valence-electron chi connectivity index (χ0n) is 18.5. The molecule has 0 bridgehead atoms. The number of hydrogen-bond donors (Lipinski definition) is 4. The van der Waals surface area contributed by atoms with Crippen molar-refractivity contribution in [2.75, 3.05) is 12.8 Å². The summed E-state index contributed by atoms with van der Waals surface area (Å²) in [6, 6.07) is 22.2. The van der Waals surface area contributed by atoms with Crippen molar-refractivity contribution in [2.45, 2.75) is 12.5 Å². The number of aromatic amines is 1. The maximum Gasteiger partial charge on any atom is 0.208 e. The number of sulfonamides is 1. The molecule has 3 aromatic carbocycles. The Morgan fingerprint density at radius 3 is 2.50 bits per heavy atom. The van der Waals surface area contributed by atoms with Crippen LogP contribution in [0.25, 0.3) is 10.9 Å². The molecular formula is C25H25ClN4O3S. The van der Waals surface area contributed by atoms with Crippen molar-refractivity contribution in [3.05, 3.63) is 94.5 Å². The molecular weight excluding hydrogens is 472 g/mol. The number of rotatable bonds is 8. The van der Waals surface area contributed by atoms with Gasteiger partial charge in [-0.15, -0.1) is 0 Å². The minimum atomic E-state index is -3.25. The van der Waals surface area contributed by atoms with E-state index in [4.69, 9.17) is 22.3 Å². The van der Waals surface area contributed by atoms with Crippen molar-refractivity contribution in [1.29, 1.82) is 0 Å². The number of aromatic hydroxyl groups is 1. The lowest BCUT2D eigenvalue weighted by atomic mass is 10.0. The van der Waals surface area contributed by atoms with Crippen molar-refractivity contribution in [2.24, 2.45) is 10.7 Å². The van der Waals surface area contributed by atoms with E-state index in [1.54, 1.807) is 12.1 Å². The fourth-order valence-corrected chi connectivity index (χ4v) is 4.41. The largest absolute Gasteiger partial charge is 0.494 e. The zero-order valence-corrected chi connectivity index (χ0v) is 20.1. The van der Waals surface area contributed by atoms with E-state index in [-0.39, 0.29) is 18.5 Å². The monoisotopic (exact) mass is 496 g/mol. The summed E-state index contributed by atoms with van der Waals surface area (Å²) in [5, 5.41) is 12.1. The lowest BCUT2D eigenvalue weighted by molar-refractivity contribution is 0.457. The highest BCUT2D eigenvalue weighted by molar-refractivity contribution is 7.88. The molecule has 34 heavy (non-hydrogen) atoms. The lowest BCUT2D eigenvalue weighted by Crippen LogP contribution is -2.26. The van der Waals surface area contributed by atoms with Crippen molar-refractivity contribution < 1.29 is 13.5 Å². The van der Waals surface area contributed by atoms with Crippen LogP contribution in [0.2, 0.25) is 5.02 Å². The average Bonchev–Trinajstić information content (AvgIpc) is 3.12. The second-order valence-corrected chi connectivity index (χ2v) is 10.3. The van der Waals surface area contributed by atoms with Gasteiger partial charge in [-0.3, -0.25) is 0 Å². The Hall–Kier alpha value is -3.17. The summed E-state index contributed by atoms with van der Waals surface area (Å²) < 4.78 is 24.9. The molecule has 176 valence electrons. The van der Waals surface area contributed by atoms with Crippen molar-refractivity contribution in [3.63, 3.8) is 0 Å². The average molecular weight is 497 g/mol. The van der Waals surface area contributed by atoms with Gasteiger partial charge in [0.05, 0.1) is 28.7 Å². The number of fused-ring (bicyclic) bond motifs is 1. The highest BCUT2D eigenvalue weighted by atomic mass is 35.5. The van der Waals surface area contributed by atoms with Crippen LogP contribution >= 0.6 is 11.6 Å². The van der Waals surface area contributed by atoms with E-state index in [0.29, 0.717) is 33.9 Å². The van der Waals surface area contributed by atoms with Gasteiger partial charge in [-0.25, -0.2) is 18.1 Å².